The number of aromatic nitrogens is 2. The Morgan fingerprint density at radius 1 is 0.917 bits per heavy atom. The molecule has 11 atom stereocenters. The third-order valence-electron chi connectivity index (χ3n) is 5.16. The Balaban J connectivity index is 1.61. The smallest absolute Gasteiger partial charge is 0.394 e. The number of H-pyrrole nitrogens is 1. The van der Waals surface area contributed by atoms with Crippen molar-refractivity contribution < 1.29 is 72.4 Å². The molecule has 9 N–H and O–H groups in total. The van der Waals surface area contributed by atoms with Crippen molar-refractivity contribution in [3.8, 4) is 0 Å². The molecule has 2 unspecified atom stereocenters. The van der Waals surface area contributed by atoms with Crippen LogP contribution in [0.4, 0.5) is 0 Å². The highest BCUT2D eigenvalue weighted by atomic mass is 31.3. The average molecular weight is 567 g/mol. The zero-order valence-corrected chi connectivity index (χ0v) is 19.6. The summed E-state index contributed by atoms with van der Waals surface area (Å²) in [6, 6.07) is 0.928. The van der Waals surface area contributed by atoms with Gasteiger partial charge in [-0.2, -0.15) is 4.31 Å². The van der Waals surface area contributed by atoms with Gasteiger partial charge in [0.1, 0.15) is 42.7 Å². The fourth-order valence-corrected chi connectivity index (χ4v) is 5.51. The summed E-state index contributed by atoms with van der Waals surface area (Å²) >= 11 is 0. The van der Waals surface area contributed by atoms with E-state index < -0.39 is 95.4 Å². The number of nitrogens with one attached hydrogen (secondary N) is 1. The number of nitrogens with zero attached hydrogens (tertiary/aromatic N) is 1. The summed E-state index contributed by atoms with van der Waals surface area (Å²) in [6.45, 7) is -1.93. The lowest BCUT2D eigenvalue weighted by molar-refractivity contribution is -0.280. The van der Waals surface area contributed by atoms with E-state index in [1.165, 1.54) is 0 Å². The molecular formula is C15H24N2O17P2. The van der Waals surface area contributed by atoms with E-state index in [0.717, 1.165) is 16.8 Å². The second-order valence-corrected chi connectivity index (χ2v) is 10.7. The maximum Gasteiger partial charge on any atom is 0.483 e. The highest BCUT2D eigenvalue weighted by Crippen LogP contribution is 2.61. The van der Waals surface area contributed by atoms with Crippen LogP contribution >= 0.6 is 15.6 Å². The minimum absolute atomic E-state index is 0.723. The lowest BCUT2D eigenvalue weighted by atomic mass is 10.1. The number of rotatable bonds is 9. The van der Waals surface area contributed by atoms with Crippen LogP contribution in [0.2, 0.25) is 0 Å². The molecule has 3 rings (SSSR count). The molecule has 1 aromatic heterocycles. The molecule has 21 heteroatoms. The SMILES string of the molecule is O=c1ccn([C@@H]2O[C@H](COP(=O)(O)OP(=O)(O)O[C@H]3O[C@H](CO)[13C@@H](O)[C@H](O)[C@H]3O)[C@@H](O)[C@H]2O)c(=O)[nH]1. The van der Waals surface area contributed by atoms with Gasteiger partial charge < -0.3 is 49.9 Å². The molecule has 206 valence electrons. The van der Waals surface area contributed by atoms with Crippen molar-refractivity contribution in [2.24, 2.45) is 0 Å². The monoisotopic (exact) mass is 567 g/mol. The van der Waals surface area contributed by atoms with Gasteiger partial charge in [0, 0.05) is 12.3 Å². The first kappa shape index (κ1) is 29.2. The maximum atomic E-state index is 12.2. The first-order valence-electron chi connectivity index (χ1n) is 9.99. The Morgan fingerprint density at radius 2 is 1.56 bits per heavy atom. The number of aromatic amines is 1. The number of phosphoric ester groups is 2. The summed E-state index contributed by atoms with van der Waals surface area (Å²) in [5.74, 6) is 0. The molecule has 0 aromatic carbocycles. The van der Waals surface area contributed by atoms with E-state index in [4.69, 9.17) is 14.6 Å². The highest BCUT2D eigenvalue weighted by Gasteiger charge is 2.49. The average Bonchev–Trinajstić information content (AvgIpc) is 3.06. The van der Waals surface area contributed by atoms with Crippen LogP contribution in [-0.2, 0) is 32.0 Å². The van der Waals surface area contributed by atoms with Crippen LogP contribution in [0.3, 0.4) is 0 Å². The van der Waals surface area contributed by atoms with Crippen molar-refractivity contribution in [2.75, 3.05) is 13.2 Å². The van der Waals surface area contributed by atoms with Gasteiger partial charge in [0.15, 0.2) is 12.5 Å². The third kappa shape index (κ3) is 6.54. The molecule has 0 bridgehead atoms. The van der Waals surface area contributed by atoms with E-state index in [2.05, 4.69) is 13.4 Å². The Morgan fingerprint density at radius 3 is 2.17 bits per heavy atom. The molecule has 3 heterocycles. The Bertz CT molecular complexity index is 1120. The van der Waals surface area contributed by atoms with E-state index in [0.29, 0.717) is 0 Å². The molecular weight excluding hydrogens is 543 g/mol. The van der Waals surface area contributed by atoms with Crippen molar-refractivity contribution in [3.05, 3.63) is 33.1 Å². The van der Waals surface area contributed by atoms with Crippen molar-refractivity contribution in [3.63, 3.8) is 0 Å². The van der Waals surface area contributed by atoms with Crippen LogP contribution in [-0.4, -0.2) is 112 Å². The van der Waals surface area contributed by atoms with Crippen molar-refractivity contribution in [1.82, 2.24) is 9.55 Å². The van der Waals surface area contributed by atoms with Crippen LogP contribution in [0.15, 0.2) is 21.9 Å². The fraction of sp³-hybridized carbons (Fsp3) is 0.733. The lowest BCUT2D eigenvalue weighted by Gasteiger charge is -2.39. The zero-order chi connectivity index (χ0) is 27.0. The van der Waals surface area contributed by atoms with Gasteiger partial charge in [0.05, 0.1) is 13.2 Å². The van der Waals surface area contributed by atoms with E-state index in [-0.39, 0.29) is 0 Å². The van der Waals surface area contributed by atoms with Gasteiger partial charge in [-0.1, -0.05) is 0 Å². The zero-order valence-electron chi connectivity index (χ0n) is 17.9. The molecule has 36 heavy (non-hydrogen) atoms. The normalized spacial score (nSPS) is 38.4. The number of hydrogen-bond acceptors (Lipinski definition) is 15. The molecule has 2 aliphatic rings. The second-order valence-electron chi connectivity index (χ2n) is 7.68. The number of hydrogen-bond donors (Lipinski definition) is 9. The third-order valence-corrected chi connectivity index (χ3v) is 7.76. The van der Waals surface area contributed by atoms with Crippen LogP contribution in [0.5, 0.6) is 0 Å². The number of ether oxygens (including phenoxy) is 2. The number of phosphoric acid groups is 2. The summed E-state index contributed by atoms with van der Waals surface area (Å²) in [5.41, 5.74) is -1.75. The van der Waals surface area contributed by atoms with E-state index in [9.17, 15) is 54.0 Å². The van der Waals surface area contributed by atoms with Gasteiger partial charge in [-0.15, -0.1) is 0 Å². The van der Waals surface area contributed by atoms with E-state index in [1.807, 2.05) is 4.98 Å². The predicted molar refractivity (Wildman–Crippen MR) is 109 cm³/mol. The summed E-state index contributed by atoms with van der Waals surface area (Å²) in [5, 5.41) is 58.6. The standard InChI is InChI=1S/C15H24N2O17P2/c18-3-5-8(20)10(22)12(24)14(32-5)33-36(28,29)34-35(26,27)30-4-6-9(21)11(23)13(31-6)17-2-1-7(19)16-15(17)25/h1-2,5-6,8-14,18,20-24H,3-4H2,(H,26,27)(H,28,29)(H,16,19,25)/t5-,6-,8-,9-,10+,11-,12-,13-,14-/m1/s1/i8+1. The topological polar surface area (TPSA) is 297 Å². The molecule has 0 amide bonds. The summed E-state index contributed by atoms with van der Waals surface area (Å²) < 4.78 is 48.1. The molecule has 2 fully saturated rings. The van der Waals surface area contributed by atoms with Gasteiger partial charge in [-0.05, 0) is 0 Å². The quantitative estimate of drug-likeness (QED) is 0.0999. The van der Waals surface area contributed by atoms with Crippen LogP contribution in [0.25, 0.3) is 0 Å². The van der Waals surface area contributed by atoms with Gasteiger partial charge in [0.25, 0.3) is 5.56 Å². The van der Waals surface area contributed by atoms with Gasteiger partial charge >= 0.3 is 21.3 Å². The first-order chi connectivity index (χ1) is 16.7. The lowest BCUT2D eigenvalue weighted by Crippen LogP contribution is -2.58. The summed E-state index contributed by atoms with van der Waals surface area (Å²) in [6.07, 6.45) is -15.4. The van der Waals surface area contributed by atoms with E-state index in [1.54, 1.807) is 0 Å². The van der Waals surface area contributed by atoms with Crippen LogP contribution in [0, 0.1) is 0 Å². The summed E-state index contributed by atoms with van der Waals surface area (Å²) in [4.78, 5) is 44.5. The van der Waals surface area contributed by atoms with Gasteiger partial charge in [0.2, 0.25) is 0 Å². The largest absolute Gasteiger partial charge is 0.483 e. The Hall–Kier alpha value is -1.38. The molecule has 2 aliphatic heterocycles. The minimum Gasteiger partial charge on any atom is -0.394 e. The van der Waals surface area contributed by atoms with Gasteiger partial charge in [-0.25, -0.2) is 13.9 Å². The Kier molecular flexibility index (Phi) is 9.05. The van der Waals surface area contributed by atoms with Crippen molar-refractivity contribution in [1.29, 1.82) is 0 Å². The molecule has 2 saturated heterocycles. The molecule has 0 saturated carbocycles. The molecule has 0 radical (unpaired) electrons. The molecule has 19 nitrogen and oxygen atoms in total. The van der Waals surface area contributed by atoms with E-state index >= 15 is 0 Å². The van der Waals surface area contributed by atoms with Crippen molar-refractivity contribution >= 4 is 15.6 Å². The fourth-order valence-electron chi connectivity index (χ4n) is 3.35. The second kappa shape index (κ2) is 11.2. The first-order valence-corrected chi connectivity index (χ1v) is 13.0. The molecule has 1 aromatic rings. The predicted octanol–water partition coefficient (Wildman–Crippen LogP) is -4.79. The summed E-state index contributed by atoms with van der Waals surface area (Å²) in [7, 11) is -11.1. The minimum atomic E-state index is -5.59. The maximum absolute atomic E-state index is 12.2. The van der Waals surface area contributed by atoms with Gasteiger partial charge in [-0.3, -0.25) is 23.4 Å². The highest BCUT2D eigenvalue weighted by molar-refractivity contribution is 7.61. The van der Waals surface area contributed by atoms with Crippen LogP contribution < -0.4 is 11.2 Å². The Labute approximate surface area is 199 Å². The van der Waals surface area contributed by atoms with Crippen molar-refractivity contribution in [2.45, 2.75) is 55.2 Å². The number of aliphatic hydroxyl groups is 6. The molecule has 0 spiro atoms. The number of aliphatic hydroxyl groups excluding tert-OH is 6. The van der Waals surface area contributed by atoms with Crippen LogP contribution in [0.1, 0.15) is 6.23 Å². The molecule has 0 aliphatic carbocycles.